The number of aromatic nitrogens is 1. The molecule has 1 aromatic heterocycles. The summed E-state index contributed by atoms with van der Waals surface area (Å²) in [5.74, 6) is -0.857. The molecule has 112 valence electrons. The van der Waals surface area contributed by atoms with Crippen molar-refractivity contribution in [3.63, 3.8) is 0 Å². The first-order chi connectivity index (χ1) is 10.6. The van der Waals surface area contributed by atoms with Crippen molar-refractivity contribution in [2.24, 2.45) is 0 Å². The Kier molecular flexibility index (Phi) is 4.20. The summed E-state index contributed by atoms with van der Waals surface area (Å²) in [7, 11) is 0. The maximum atomic E-state index is 13.4. The largest absolute Gasteiger partial charge is 0.363 e. The number of hydrogen-bond donors (Lipinski definition) is 0. The summed E-state index contributed by atoms with van der Waals surface area (Å²) in [5, 5.41) is 0.382. The number of pyridine rings is 1. The highest BCUT2D eigenvalue weighted by Gasteiger charge is 2.17. The van der Waals surface area contributed by atoms with E-state index >= 15 is 0 Å². The van der Waals surface area contributed by atoms with Crippen LogP contribution in [0.4, 0.5) is 8.78 Å². The Balaban J connectivity index is 1.93. The van der Waals surface area contributed by atoms with Gasteiger partial charge in [-0.05, 0) is 23.8 Å². The quantitative estimate of drug-likeness (QED) is 0.778. The maximum absolute atomic E-state index is 13.4. The molecule has 22 heavy (non-hydrogen) atoms. The molecule has 3 rings (SSSR count). The normalized spacial score (nSPS) is 14.1. The van der Waals surface area contributed by atoms with Gasteiger partial charge in [-0.2, -0.15) is 4.39 Å². The highest BCUT2D eigenvalue weighted by Crippen LogP contribution is 2.29. The number of allylic oxidation sites excluding steroid dienone is 2. The molecule has 0 saturated carbocycles. The summed E-state index contributed by atoms with van der Waals surface area (Å²) in [6.45, 7) is 1.15. The predicted molar refractivity (Wildman–Crippen MR) is 83.1 cm³/mol. The van der Waals surface area contributed by atoms with Crippen molar-refractivity contribution in [1.29, 1.82) is 0 Å². The topological polar surface area (TPSA) is 16.1 Å². The van der Waals surface area contributed by atoms with E-state index in [0.717, 1.165) is 11.3 Å². The minimum Gasteiger partial charge on any atom is -0.363 e. The zero-order chi connectivity index (χ0) is 15.5. The summed E-state index contributed by atoms with van der Waals surface area (Å²) in [6, 6.07) is 7.74. The van der Waals surface area contributed by atoms with E-state index in [1.54, 1.807) is 6.07 Å². The van der Waals surface area contributed by atoms with Gasteiger partial charge in [0.2, 0.25) is 5.95 Å². The lowest BCUT2D eigenvalue weighted by Gasteiger charge is -2.29. The minimum atomic E-state index is -0.583. The van der Waals surface area contributed by atoms with E-state index in [9.17, 15) is 8.78 Å². The van der Waals surface area contributed by atoms with Gasteiger partial charge >= 0.3 is 0 Å². The number of nitrogens with zero attached hydrogens (tertiary/aromatic N) is 2. The molecule has 2 nitrogen and oxygen atoms in total. The zero-order valence-electron chi connectivity index (χ0n) is 11.6. The molecule has 0 fully saturated rings. The smallest absolute Gasteiger partial charge is 0.213 e. The van der Waals surface area contributed by atoms with Crippen molar-refractivity contribution < 1.29 is 8.78 Å². The molecule has 2 heterocycles. The third-order valence-corrected chi connectivity index (χ3v) is 3.72. The second-order valence-electron chi connectivity index (χ2n) is 4.98. The summed E-state index contributed by atoms with van der Waals surface area (Å²) in [5.41, 5.74) is 2.21. The third kappa shape index (κ3) is 3.17. The van der Waals surface area contributed by atoms with Gasteiger partial charge < -0.3 is 4.90 Å². The van der Waals surface area contributed by atoms with E-state index in [1.807, 2.05) is 29.2 Å². The van der Waals surface area contributed by atoms with Crippen molar-refractivity contribution in [2.75, 3.05) is 6.54 Å². The van der Waals surface area contributed by atoms with Crippen LogP contribution in [0.2, 0.25) is 5.02 Å². The van der Waals surface area contributed by atoms with Crippen molar-refractivity contribution in [1.82, 2.24) is 9.88 Å². The van der Waals surface area contributed by atoms with Crippen molar-refractivity contribution in [2.45, 2.75) is 6.54 Å². The van der Waals surface area contributed by atoms with E-state index in [0.29, 0.717) is 23.7 Å². The van der Waals surface area contributed by atoms with Crippen LogP contribution in [0.3, 0.4) is 0 Å². The fraction of sp³-hybridized carbons (Fsp3) is 0.118. The van der Waals surface area contributed by atoms with E-state index in [1.165, 1.54) is 24.4 Å². The lowest BCUT2D eigenvalue weighted by Crippen LogP contribution is -2.24. The van der Waals surface area contributed by atoms with Gasteiger partial charge in [0.25, 0.3) is 0 Å². The summed E-state index contributed by atoms with van der Waals surface area (Å²) in [4.78, 5) is 5.55. The molecule has 0 amide bonds. The SMILES string of the molecule is Fc1cccc(CN2CC=CC=C2c2cc(F)ncc2Cl)c1. The Bertz CT molecular complexity index is 756. The van der Waals surface area contributed by atoms with Gasteiger partial charge in [-0.3, -0.25) is 0 Å². The number of hydrogen-bond acceptors (Lipinski definition) is 2. The lowest BCUT2D eigenvalue weighted by molar-refractivity contribution is 0.427. The van der Waals surface area contributed by atoms with E-state index in [2.05, 4.69) is 4.98 Å². The highest BCUT2D eigenvalue weighted by atomic mass is 35.5. The molecule has 1 aliphatic rings. The molecule has 0 spiro atoms. The number of rotatable bonds is 3. The Morgan fingerprint density at radius 1 is 1.23 bits per heavy atom. The van der Waals surface area contributed by atoms with Crippen LogP contribution in [-0.2, 0) is 6.54 Å². The van der Waals surface area contributed by atoms with Crippen LogP contribution >= 0.6 is 11.6 Å². The molecule has 0 N–H and O–H groups in total. The van der Waals surface area contributed by atoms with E-state index in [4.69, 9.17) is 11.6 Å². The first kappa shape index (κ1) is 14.7. The van der Waals surface area contributed by atoms with Gasteiger partial charge in [-0.1, -0.05) is 35.9 Å². The molecule has 0 unspecified atom stereocenters. The van der Waals surface area contributed by atoms with Crippen LogP contribution in [0.1, 0.15) is 11.1 Å². The zero-order valence-corrected chi connectivity index (χ0v) is 12.4. The fourth-order valence-corrected chi connectivity index (χ4v) is 2.63. The molecule has 2 aromatic rings. The summed E-state index contributed by atoms with van der Waals surface area (Å²) in [6.07, 6.45) is 7.04. The first-order valence-corrected chi connectivity index (χ1v) is 7.19. The average molecular weight is 319 g/mol. The van der Waals surface area contributed by atoms with Gasteiger partial charge in [-0.15, -0.1) is 0 Å². The Morgan fingerprint density at radius 2 is 2.09 bits per heavy atom. The van der Waals surface area contributed by atoms with Crippen LogP contribution in [0.25, 0.3) is 5.70 Å². The molecule has 1 aliphatic heterocycles. The van der Waals surface area contributed by atoms with Gasteiger partial charge in [0.05, 0.1) is 5.02 Å². The second kappa shape index (κ2) is 6.28. The fourth-order valence-electron chi connectivity index (χ4n) is 2.43. The molecule has 0 radical (unpaired) electrons. The molecule has 0 bridgehead atoms. The van der Waals surface area contributed by atoms with Crippen LogP contribution in [0.15, 0.2) is 54.8 Å². The number of halogens is 3. The maximum Gasteiger partial charge on any atom is 0.213 e. The van der Waals surface area contributed by atoms with Crippen LogP contribution < -0.4 is 0 Å². The van der Waals surface area contributed by atoms with Crippen molar-refractivity contribution in [3.05, 3.63) is 82.7 Å². The molecule has 0 saturated heterocycles. The Labute approximate surface area is 132 Å². The van der Waals surface area contributed by atoms with Crippen molar-refractivity contribution in [3.8, 4) is 0 Å². The van der Waals surface area contributed by atoms with Crippen molar-refractivity contribution >= 4 is 17.3 Å². The molecule has 0 atom stereocenters. The first-order valence-electron chi connectivity index (χ1n) is 6.81. The van der Waals surface area contributed by atoms with Crippen LogP contribution in [-0.4, -0.2) is 16.4 Å². The lowest BCUT2D eigenvalue weighted by atomic mass is 10.1. The molecule has 5 heteroatoms. The monoisotopic (exact) mass is 318 g/mol. The van der Waals surface area contributed by atoms with Gasteiger partial charge in [-0.25, -0.2) is 9.37 Å². The summed E-state index contributed by atoms with van der Waals surface area (Å²) >= 11 is 6.14. The molecular weight excluding hydrogens is 306 g/mol. The predicted octanol–water partition coefficient (Wildman–Crippen LogP) is 4.43. The standard InChI is InChI=1S/C17H13ClF2N2/c18-15-10-21-17(20)9-14(15)16-6-1-2-7-22(16)11-12-4-3-5-13(19)8-12/h1-6,8-10H,7,11H2. The third-order valence-electron chi connectivity index (χ3n) is 3.42. The Hall–Kier alpha value is -2.20. The van der Waals surface area contributed by atoms with E-state index < -0.39 is 5.95 Å². The van der Waals surface area contributed by atoms with E-state index in [-0.39, 0.29) is 5.82 Å². The number of benzene rings is 1. The highest BCUT2D eigenvalue weighted by molar-refractivity contribution is 6.32. The molecule has 0 aliphatic carbocycles. The van der Waals surface area contributed by atoms with Crippen LogP contribution in [0, 0.1) is 11.8 Å². The second-order valence-corrected chi connectivity index (χ2v) is 5.38. The van der Waals surface area contributed by atoms with Gasteiger partial charge in [0, 0.05) is 36.6 Å². The molecular formula is C17H13ClF2N2. The summed E-state index contributed by atoms with van der Waals surface area (Å²) < 4.78 is 26.8. The minimum absolute atomic E-state index is 0.274. The van der Waals surface area contributed by atoms with Gasteiger partial charge in [0.15, 0.2) is 0 Å². The van der Waals surface area contributed by atoms with Crippen LogP contribution in [0.5, 0.6) is 0 Å². The van der Waals surface area contributed by atoms with Gasteiger partial charge in [0.1, 0.15) is 5.82 Å². The average Bonchev–Trinajstić information content (AvgIpc) is 2.50. The Morgan fingerprint density at radius 3 is 2.91 bits per heavy atom. The molecule has 1 aromatic carbocycles.